The Kier molecular flexibility index (Phi) is 4.27. The van der Waals surface area contributed by atoms with Gasteiger partial charge in [-0.15, -0.1) is 0 Å². The van der Waals surface area contributed by atoms with Crippen molar-refractivity contribution in [3.05, 3.63) is 44.8 Å². The van der Waals surface area contributed by atoms with Gasteiger partial charge in [0.1, 0.15) is 0 Å². The van der Waals surface area contributed by atoms with E-state index in [1.165, 1.54) is 22.7 Å². The van der Waals surface area contributed by atoms with Gasteiger partial charge in [0, 0.05) is 30.7 Å². The summed E-state index contributed by atoms with van der Waals surface area (Å²) in [6.45, 7) is 3.97. The number of aryl methyl sites for hydroxylation is 2. The van der Waals surface area contributed by atoms with Crippen molar-refractivity contribution in [2.45, 2.75) is 45.2 Å². The lowest BCUT2D eigenvalue weighted by molar-refractivity contribution is 0.163. The zero-order valence-electron chi connectivity index (χ0n) is 13.3. The molecule has 3 heterocycles. The molecule has 0 aromatic carbocycles. The quantitative estimate of drug-likeness (QED) is 0.861. The van der Waals surface area contributed by atoms with E-state index in [1.807, 2.05) is 12.3 Å². The summed E-state index contributed by atoms with van der Waals surface area (Å²) >= 11 is 1.52. The lowest BCUT2D eigenvalue weighted by Crippen LogP contribution is -2.36. The van der Waals surface area contributed by atoms with Crippen LogP contribution in [0.5, 0.6) is 0 Å². The Morgan fingerprint density at radius 2 is 2.13 bits per heavy atom. The molecule has 4 rings (SSSR count). The van der Waals surface area contributed by atoms with Crippen molar-refractivity contribution in [1.29, 1.82) is 0 Å². The molecule has 2 aromatic heterocycles. The summed E-state index contributed by atoms with van der Waals surface area (Å²) in [5, 5.41) is 6.74. The number of likely N-dealkylation sites (tertiary alicyclic amines) is 1. The van der Waals surface area contributed by atoms with Crippen LogP contribution in [0.1, 0.15) is 36.1 Å². The monoisotopic (exact) mass is 330 g/mol. The summed E-state index contributed by atoms with van der Waals surface area (Å²) in [5.41, 5.74) is 3.71. The summed E-state index contributed by atoms with van der Waals surface area (Å²) in [4.78, 5) is 14.7. The van der Waals surface area contributed by atoms with Crippen molar-refractivity contribution in [3.8, 4) is 0 Å². The lowest BCUT2D eigenvalue weighted by Gasteiger charge is -2.31. The molecule has 6 heteroatoms. The highest BCUT2D eigenvalue weighted by atomic mass is 32.1. The van der Waals surface area contributed by atoms with Crippen LogP contribution in [0.3, 0.4) is 0 Å². The minimum Gasteiger partial charge on any atom is -0.299 e. The van der Waals surface area contributed by atoms with Gasteiger partial charge < -0.3 is 0 Å². The van der Waals surface area contributed by atoms with E-state index >= 15 is 0 Å². The molecule has 2 aliphatic rings. The summed E-state index contributed by atoms with van der Waals surface area (Å²) in [6, 6.07) is 1.81. The van der Waals surface area contributed by atoms with Crippen molar-refractivity contribution >= 4 is 11.5 Å². The van der Waals surface area contributed by atoms with Gasteiger partial charge in [-0.05, 0) is 73.8 Å². The zero-order valence-corrected chi connectivity index (χ0v) is 14.1. The van der Waals surface area contributed by atoms with Crippen molar-refractivity contribution in [2.75, 3.05) is 13.1 Å². The lowest BCUT2D eigenvalue weighted by atomic mass is 9.96. The predicted molar refractivity (Wildman–Crippen MR) is 90.6 cm³/mol. The van der Waals surface area contributed by atoms with Crippen molar-refractivity contribution in [2.24, 2.45) is 5.92 Å². The molecular formula is C17H22N4OS. The van der Waals surface area contributed by atoms with Gasteiger partial charge in [-0.3, -0.25) is 9.69 Å². The summed E-state index contributed by atoms with van der Waals surface area (Å²) in [5.74, 6) is 0.566. The fraction of sp³-hybridized carbons (Fsp3) is 0.588. The SMILES string of the molecule is O=c1cc2c(nn1CC1CCN(Cc3cnsc3)CC1)CCC2. The highest BCUT2D eigenvalue weighted by Crippen LogP contribution is 2.21. The Balaban J connectivity index is 1.35. The van der Waals surface area contributed by atoms with Gasteiger partial charge >= 0.3 is 0 Å². The van der Waals surface area contributed by atoms with Gasteiger partial charge in [-0.25, -0.2) is 9.06 Å². The number of rotatable bonds is 4. The first-order valence-electron chi connectivity index (χ1n) is 8.48. The number of hydrogen-bond donors (Lipinski definition) is 0. The smallest absolute Gasteiger partial charge is 0.267 e. The molecule has 1 aliphatic carbocycles. The molecule has 122 valence electrons. The number of aromatic nitrogens is 3. The summed E-state index contributed by atoms with van der Waals surface area (Å²) in [7, 11) is 0. The zero-order chi connectivity index (χ0) is 15.6. The van der Waals surface area contributed by atoms with E-state index in [9.17, 15) is 4.79 Å². The average Bonchev–Trinajstić information content (AvgIpc) is 3.21. The molecule has 0 unspecified atom stereocenters. The van der Waals surface area contributed by atoms with Crippen LogP contribution >= 0.6 is 11.5 Å². The van der Waals surface area contributed by atoms with Gasteiger partial charge in [0.2, 0.25) is 0 Å². The van der Waals surface area contributed by atoms with Crippen LogP contribution in [0.15, 0.2) is 22.4 Å². The molecule has 0 bridgehead atoms. The first-order valence-corrected chi connectivity index (χ1v) is 9.32. The van der Waals surface area contributed by atoms with E-state index in [1.54, 1.807) is 4.68 Å². The first kappa shape index (κ1) is 15.0. The van der Waals surface area contributed by atoms with E-state index in [2.05, 4.69) is 19.8 Å². The molecule has 23 heavy (non-hydrogen) atoms. The fourth-order valence-corrected chi connectivity index (χ4v) is 4.23. The summed E-state index contributed by atoms with van der Waals surface area (Å²) in [6.07, 6.45) is 7.44. The molecule has 2 aromatic rings. The standard InChI is InChI=1S/C17H22N4OS/c22-17-8-15-2-1-3-16(15)19-21(17)11-13-4-6-20(7-5-13)10-14-9-18-23-12-14/h8-9,12-13H,1-7,10-11H2. The second-order valence-corrected chi connectivity index (χ2v) is 7.40. The van der Waals surface area contributed by atoms with E-state index in [0.29, 0.717) is 5.92 Å². The van der Waals surface area contributed by atoms with E-state index in [-0.39, 0.29) is 5.56 Å². The predicted octanol–water partition coefficient (Wildman–Crippen LogP) is 2.10. The minimum absolute atomic E-state index is 0.0810. The Hall–Kier alpha value is -1.53. The Bertz CT molecular complexity index is 717. The third kappa shape index (κ3) is 3.38. The largest absolute Gasteiger partial charge is 0.299 e. The second-order valence-electron chi connectivity index (χ2n) is 6.74. The van der Waals surface area contributed by atoms with Crippen LogP contribution in [-0.2, 0) is 25.9 Å². The van der Waals surface area contributed by atoms with Crippen molar-refractivity contribution in [3.63, 3.8) is 0 Å². The fourth-order valence-electron chi connectivity index (χ4n) is 3.70. The maximum Gasteiger partial charge on any atom is 0.267 e. The maximum atomic E-state index is 12.2. The molecule has 0 N–H and O–H groups in total. The molecule has 1 aliphatic heterocycles. The normalized spacial score (nSPS) is 19.1. The highest BCUT2D eigenvalue weighted by molar-refractivity contribution is 7.03. The minimum atomic E-state index is 0.0810. The Morgan fingerprint density at radius 1 is 1.26 bits per heavy atom. The molecule has 1 saturated heterocycles. The Labute approximate surface area is 140 Å². The maximum absolute atomic E-state index is 12.2. The number of fused-ring (bicyclic) bond motifs is 1. The first-order chi connectivity index (χ1) is 11.3. The summed E-state index contributed by atoms with van der Waals surface area (Å²) < 4.78 is 5.88. The molecule has 0 radical (unpaired) electrons. The van der Waals surface area contributed by atoms with E-state index in [4.69, 9.17) is 0 Å². The number of nitrogens with zero attached hydrogens (tertiary/aromatic N) is 4. The molecule has 0 amide bonds. The van der Waals surface area contributed by atoms with Crippen LogP contribution in [0.2, 0.25) is 0 Å². The molecular weight excluding hydrogens is 308 g/mol. The number of hydrogen-bond acceptors (Lipinski definition) is 5. The van der Waals surface area contributed by atoms with Crippen LogP contribution < -0.4 is 5.56 Å². The topological polar surface area (TPSA) is 51.0 Å². The molecule has 0 saturated carbocycles. The highest BCUT2D eigenvalue weighted by Gasteiger charge is 2.22. The van der Waals surface area contributed by atoms with Gasteiger partial charge in [-0.1, -0.05) is 0 Å². The van der Waals surface area contributed by atoms with Gasteiger partial charge in [0.25, 0.3) is 5.56 Å². The second kappa shape index (κ2) is 6.53. The van der Waals surface area contributed by atoms with Gasteiger partial charge in [0.15, 0.2) is 0 Å². The van der Waals surface area contributed by atoms with Crippen LogP contribution in [0, 0.1) is 5.92 Å². The molecule has 0 atom stereocenters. The van der Waals surface area contributed by atoms with Crippen molar-refractivity contribution < 1.29 is 0 Å². The van der Waals surface area contributed by atoms with Crippen LogP contribution in [0.25, 0.3) is 0 Å². The molecule has 5 nitrogen and oxygen atoms in total. The van der Waals surface area contributed by atoms with E-state index < -0.39 is 0 Å². The van der Waals surface area contributed by atoms with Crippen LogP contribution in [-0.4, -0.2) is 32.1 Å². The number of piperidine rings is 1. The third-order valence-corrected chi connectivity index (χ3v) is 5.69. The van der Waals surface area contributed by atoms with Crippen LogP contribution in [0.4, 0.5) is 0 Å². The van der Waals surface area contributed by atoms with Crippen molar-refractivity contribution in [1.82, 2.24) is 19.1 Å². The average molecular weight is 330 g/mol. The van der Waals surface area contributed by atoms with E-state index in [0.717, 1.165) is 64.0 Å². The Morgan fingerprint density at radius 3 is 2.91 bits per heavy atom. The third-order valence-electron chi connectivity index (χ3n) is 5.05. The molecule has 0 spiro atoms. The van der Waals surface area contributed by atoms with Gasteiger partial charge in [-0.2, -0.15) is 5.10 Å². The van der Waals surface area contributed by atoms with Gasteiger partial charge in [0.05, 0.1) is 5.69 Å². The molecule has 1 fully saturated rings.